The smallest absolute Gasteiger partial charge is 0.262 e. The highest BCUT2D eigenvalue weighted by atomic mass is 16.5. The molecule has 0 aromatic heterocycles. The standard InChI is InChI=1S/C21H24N2O4/c1-15-5-2-3-7-19(15)27-14-20(24)23-17-10-8-16(9-11-17)21(25)22-13-18-6-4-12-26-18/h2-3,5,7-11,18H,4,6,12-14H2,1H3,(H,22,25)(H,23,24)/t18-/m1/s1. The van der Waals surface area contributed by atoms with Gasteiger partial charge in [-0.2, -0.15) is 0 Å². The molecule has 2 aromatic carbocycles. The monoisotopic (exact) mass is 368 g/mol. The van der Waals surface area contributed by atoms with E-state index in [-0.39, 0.29) is 24.5 Å². The Morgan fingerprint density at radius 3 is 2.63 bits per heavy atom. The van der Waals surface area contributed by atoms with Crippen LogP contribution in [0.1, 0.15) is 28.8 Å². The van der Waals surface area contributed by atoms with E-state index in [1.165, 1.54) is 0 Å². The predicted octanol–water partition coefficient (Wildman–Crippen LogP) is 2.92. The van der Waals surface area contributed by atoms with Gasteiger partial charge in [0.15, 0.2) is 6.61 Å². The minimum absolute atomic E-state index is 0.0749. The number of hydrogen-bond donors (Lipinski definition) is 2. The molecule has 2 aromatic rings. The van der Waals surface area contributed by atoms with Crippen LogP contribution in [0.5, 0.6) is 5.75 Å². The number of benzene rings is 2. The summed E-state index contributed by atoms with van der Waals surface area (Å²) in [5, 5.41) is 5.63. The number of ether oxygens (including phenoxy) is 2. The zero-order chi connectivity index (χ0) is 19.1. The molecule has 2 amide bonds. The fourth-order valence-electron chi connectivity index (χ4n) is 2.88. The van der Waals surface area contributed by atoms with Crippen molar-refractivity contribution in [3.63, 3.8) is 0 Å². The maximum absolute atomic E-state index is 12.2. The van der Waals surface area contributed by atoms with Crippen molar-refractivity contribution in [2.24, 2.45) is 0 Å². The van der Waals surface area contributed by atoms with Crippen molar-refractivity contribution in [3.05, 3.63) is 59.7 Å². The van der Waals surface area contributed by atoms with Gasteiger partial charge >= 0.3 is 0 Å². The number of nitrogens with one attached hydrogen (secondary N) is 2. The molecule has 1 heterocycles. The molecule has 1 fully saturated rings. The van der Waals surface area contributed by atoms with Gasteiger partial charge < -0.3 is 20.1 Å². The molecule has 1 saturated heterocycles. The van der Waals surface area contributed by atoms with E-state index >= 15 is 0 Å². The molecule has 0 radical (unpaired) electrons. The summed E-state index contributed by atoms with van der Waals surface area (Å²) in [7, 11) is 0. The van der Waals surface area contributed by atoms with E-state index in [1.807, 2.05) is 31.2 Å². The van der Waals surface area contributed by atoms with E-state index in [9.17, 15) is 9.59 Å². The first-order valence-corrected chi connectivity index (χ1v) is 9.10. The molecule has 6 heteroatoms. The Morgan fingerprint density at radius 1 is 1.15 bits per heavy atom. The summed E-state index contributed by atoms with van der Waals surface area (Å²) in [6.07, 6.45) is 2.14. The third kappa shape index (κ3) is 5.56. The minimum Gasteiger partial charge on any atom is -0.483 e. The Morgan fingerprint density at radius 2 is 1.93 bits per heavy atom. The average molecular weight is 368 g/mol. The van der Waals surface area contributed by atoms with Crippen LogP contribution < -0.4 is 15.4 Å². The highest BCUT2D eigenvalue weighted by Crippen LogP contribution is 2.16. The van der Waals surface area contributed by atoms with Gasteiger partial charge in [0, 0.05) is 24.4 Å². The second-order valence-electron chi connectivity index (χ2n) is 6.52. The third-order valence-electron chi connectivity index (χ3n) is 4.40. The highest BCUT2D eigenvalue weighted by Gasteiger charge is 2.16. The van der Waals surface area contributed by atoms with E-state index < -0.39 is 0 Å². The molecule has 0 saturated carbocycles. The molecule has 0 unspecified atom stereocenters. The number of anilines is 1. The first-order chi connectivity index (χ1) is 13.1. The van der Waals surface area contributed by atoms with Gasteiger partial charge in [0.2, 0.25) is 0 Å². The van der Waals surface area contributed by atoms with Gasteiger partial charge in [0.05, 0.1) is 6.10 Å². The molecule has 6 nitrogen and oxygen atoms in total. The molecule has 3 rings (SSSR count). The number of amides is 2. The van der Waals surface area contributed by atoms with Gasteiger partial charge in [0.1, 0.15) is 5.75 Å². The summed E-state index contributed by atoms with van der Waals surface area (Å²) in [5.74, 6) is 0.283. The molecule has 2 N–H and O–H groups in total. The Hall–Kier alpha value is -2.86. The summed E-state index contributed by atoms with van der Waals surface area (Å²) < 4.78 is 11.0. The highest BCUT2D eigenvalue weighted by molar-refractivity contribution is 5.96. The van der Waals surface area contributed by atoms with Gasteiger partial charge in [-0.05, 0) is 55.7 Å². The van der Waals surface area contributed by atoms with E-state index in [1.54, 1.807) is 24.3 Å². The van der Waals surface area contributed by atoms with Gasteiger partial charge in [0.25, 0.3) is 11.8 Å². The van der Waals surface area contributed by atoms with Crippen molar-refractivity contribution >= 4 is 17.5 Å². The van der Waals surface area contributed by atoms with E-state index in [4.69, 9.17) is 9.47 Å². The molecule has 0 aliphatic carbocycles. The lowest BCUT2D eigenvalue weighted by Gasteiger charge is -2.11. The minimum atomic E-state index is -0.256. The Kier molecular flexibility index (Phi) is 6.44. The molecule has 1 aliphatic rings. The van der Waals surface area contributed by atoms with Crippen LogP contribution in [-0.2, 0) is 9.53 Å². The van der Waals surface area contributed by atoms with Crippen LogP contribution in [0.2, 0.25) is 0 Å². The van der Waals surface area contributed by atoms with Gasteiger partial charge in [-0.1, -0.05) is 18.2 Å². The number of para-hydroxylation sites is 1. The predicted molar refractivity (Wildman–Crippen MR) is 103 cm³/mol. The van der Waals surface area contributed by atoms with Crippen LogP contribution in [0.3, 0.4) is 0 Å². The van der Waals surface area contributed by atoms with Gasteiger partial charge in [-0.3, -0.25) is 9.59 Å². The summed E-state index contributed by atoms with van der Waals surface area (Å²) in [6, 6.07) is 14.3. The number of aryl methyl sites for hydroxylation is 1. The fraction of sp³-hybridized carbons (Fsp3) is 0.333. The second kappa shape index (κ2) is 9.19. The largest absolute Gasteiger partial charge is 0.483 e. The molecule has 0 bridgehead atoms. The van der Waals surface area contributed by atoms with Crippen molar-refractivity contribution in [2.75, 3.05) is 25.1 Å². The fourth-order valence-corrected chi connectivity index (χ4v) is 2.88. The van der Waals surface area contributed by atoms with Crippen LogP contribution in [0.4, 0.5) is 5.69 Å². The second-order valence-corrected chi connectivity index (χ2v) is 6.52. The van der Waals surface area contributed by atoms with E-state index in [2.05, 4.69) is 10.6 Å². The van der Waals surface area contributed by atoms with Crippen LogP contribution in [-0.4, -0.2) is 37.7 Å². The maximum atomic E-state index is 12.2. The summed E-state index contributed by atoms with van der Waals surface area (Å²) >= 11 is 0. The SMILES string of the molecule is Cc1ccccc1OCC(=O)Nc1ccc(C(=O)NC[C@H]2CCCO2)cc1. The summed E-state index contributed by atoms with van der Waals surface area (Å²) in [5.41, 5.74) is 2.13. The number of carbonyl (C=O) groups is 2. The number of rotatable bonds is 7. The van der Waals surface area contributed by atoms with Gasteiger partial charge in [-0.25, -0.2) is 0 Å². The number of hydrogen-bond acceptors (Lipinski definition) is 4. The first kappa shape index (κ1) is 18.9. The van der Waals surface area contributed by atoms with Crippen LogP contribution in [0.15, 0.2) is 48.5 Å². The summed E-state index contributed by atoms with van der Waals surface area (Å²) in [6.45, 7) is 3.14. The van der Waals surface area contributed by atoms with Crippen molar-refractivity contribution in [2.45, 2.75) is 25.9 Å². The van der Waals surface area contributed by atoms with Crippen molar-refractivity contribution in [1.29, 1.82) is 0 Å². The van der Waals surface area contributed by atoms with Crippen LogP contribution in [0, 0.1) is 6.92 Å². The maximum Gasteiger partial charge on any atom is 0.262 e. The van der Waals surface area contributed by atoms with E-state index in [0.29, 0.717) is 23.5 Å². The molecule has 1 aliphatic heterocycles. The van der Waals surface area contributed by atoms with Crippen LogP contribution in [0.25, 0.3) is 0 Å². The quantitative estimate of drug-likeness (QED) is 0.788. The third-order valence-corrected chi connectivity index (χ3v) is 4.40. The zero-order valence-corrected chi connectivity index (χ0v) is 15.4. The normalized spacial score (nSPS) is 16.0. The van der Waals surface area contributed by atoms with Crippen molar-refractivity contribution in [1.82, 2.24) is 5.32 Å². The molecular weight excluding hydrogens is 344 g/mol. The average Bonchev–Trinajstić information content (AvgIpc) is 3.20. The molecule has 27 heavy (non-hydrogen) atoms. The first-order valence-electron chi connectivity index (χ1n) is 9.10. The molecule has 1 atom stereocenters. The Bertz CT molecular complexity index is 783. The van der Waals surface area contributed by atoms with Gasteiger partial charge in [-0.15, -0.1) is 0 Å². The molecular formula is C21H24N2O4. The Labute approximate surface area is 158 Å². The topological polar surface area (TPSA) is 76.7 Å². The lowest BCUT2D eigenvalue weighted by Crippen LogP contribution is -2.31. The summed E-state index contributed by atoms with van der Waals surface area (Å²) in [4.78, 5) is 24.2. The molecule has 0 spiro atoms. The van der Waals surface area contributed by atoms with Crippen molar-refractivity contribution in [3.8, 4) is 5.75 Å². The van der Waals surface area contributed by atoms with Crippen LogP contribution >= 0.6 is 0 Å². The zero-order valence-electron chi connectivity index (χ0n) is 15.4. The molecule has 142 valence electrons. The Balaban J connectivity index is 1.45. The lowest BCUT2D eigenvalue weighted by atomic mass is 10.2. The lowest BCUT2D eigenvalue weighted by molar-refractivity contribution is -0.118. The van der Waals surface area contributed by atoms with E-state index in [0.717, 1.165) is 25.0 Å². The van der Waals surface area contributed by atoms with Crippen molar-refractivity contribution < 1.29 is 19.1 Å². The number of carbonyl (C=O) groups excluding carboxylic acids is 2.